The van der Waals surface area contributed by atoms with Crippen molar-refractivity contribution in [1.29, 1.82) is 0 Å². The van der Waals surface area contributed by atoms with Gasteiger partial charge in [-0.3, -0.25) is 4.98 Å². The lowest BCUT2D eigenvalue weighted by Gasteiger charge is -2.07. The van der Waals surface area contributed by atoms with Crippen LogP contribution in [0, 0.1) is 11.5 Å². The summed E-state index contributed by atoms with van der Waals surface area (Å²) in [5, 5.41) is 1.08. The molecule has 0 saturated heterocycles. The van der Waals surface area contributed by atoms with Gasteiger partial charge in [-0.05, 0) is 29.8 Å². The first-order chi connectivity index (χ1) is 11.5. The van der Waals surface area contributed by atoms with Crippen LogP contribution in [0.15, 0.2) is 48.8 Å². The molecular weight excluding hydrogens is 312 g/mol. The lowest BCUT2D eigenvalue weighted by molar-refractivity contribution is 0.398. The first-order valence-corrected chi connectivity index (χ1v) is 11.4. The average molecular weight is 332 g/mol. The molecule has 0 aliphatic heterocycles. The molecule has 0 bridgehead atoms. The van der Waals surface area contributed by atoms with Crippen LogP contribution in [-0.4, -0.2) is 25.2 Å². The maximum Gasteiger partial charge on any atom is 0.212 e. The number of fused-ring (bicyclic) bond motifs is 1. The van der Waals surface area contributed by atoms with Crippen LogP contribution >= 0.6 is 0 Å². The number of rotatable bonds is 2. The van der Waals surface area contributed by atoms with Crippen molar-refractivity contribution in [2.45, 2.75) is 19.6 Å². The lowest BCUT2D eigenvalue weighted by atomic mass is 10.0. The second-order valence-electron chi connectivity index (χ2n) is 6.68. The quantitative estimate of drug-likeness (QED) is 0.511. The van der Waals surface area contributed by atoms with Crippen molar-refractivity contribution in [1.82, 2.24) is 9.97 Å². The molecule has 0 aliphatic rings. The van der Waals surface area contributed by atoms with E-state index in [1.165, 1.54) is 0 Å². The number of nitrogens with zero attached hydrogens (tertiary/aromatic N) is 2. The third kappa shape index (κ3) is 3.64. The van der Waals surface area contributed by atoms with Crippen LogP contribution in [-0.2, 0) is 0 Å². The van der Waals surface area contributed by atoms with Gasteiger partial charge in [0.2, 0.25) is 5.88 Å². The van der Waals surface area contributed by atoms with Crippen LogP contribution in [0.25, 0.3) is 22.0 Å². The van der Waals surface area contributed by atoms with E-state index < -0.39 is 8.07 Å². The standard InChI is InChI=1S/C20H20N2OSi/c1-23-20-8-6-17(14-22-20)16-5-7-19-18(13-16)15(9-11-21-19)10-12-24(2,3)4/h5-9,11,13-14H,1-4H3. The third-order valence-electron chi connectivity index (χ3n) is 3.59. The van der Waals surface area contributed by atoms with Crippen molar-refractivity contribution < 1.29 is 4.74 Å². The minimum absolute atomic E-state index is 0.614. The molecule has 2 heterocycles. The van der Waals surface area contributed by atoms with E-state index in [2.05, 4.69) is 53.2 Å². The summed E-state index contributed by atoms with van der Waals surface area (Å²) in [4.78, 5) is 8.74. The van der Waals surface area contributed by atoms with Gasteiger partial charge in [-0.15, -0.1) is 5.54 Å². The fourth-order valence-corrected chi connectivity index (χ4v) is 2.87. The number of ether oxygens (including phenoxy) is 1. The zero-order valence-electron chi connectivity index (χ0n) is 14.4. The molecule has 0 saturated carbocycles. The molecule has 0 unspecified atom stereocenters. The van der Waals surface area contributed by atoms with Gasteiger partial charge in [0.15, 0.2) is 0 Å². The summed E-state index contributed by atoms with van der Waals surface area (Å²) in [7, 11) is 0.197. The molecular formula is C20H20N2OSi. The molecule has 24 heavy (non-hydrogen) atoms. The van der Waals surface area contributed by atoms with Gasteiger partial charge in [0.25, 0.3) is 0 Å². The Morgan fingerprint density at radius 3 is 2.42 bits per heavy atom. The minimum Gasteiger partial charge on any atom is -0.481 e. The summed E-state index contributed by atoms with van der Waals surface area (Å²) < 4.78 is 5.12. The van der Waals surface area contributed by atoms with Crippen molar-refractivity contribution in [3.8, 4) is 28.5 Å². The Morgan fingerprint density at radius 1 is 0.958 bits per heavy atom. The molecule has 0 amide bonds. The monoisotopic (exact) mass is 332 g/mol. The second-order valence-corrected chi connectivity index (χ2v) is 11.4. The zero-order valence-corrected chi connectivity index (χ0v) is 15.4. The molecule has 2 aromatic heterocycles. The summed E-state index contributed by atoms with van der Waals surface area (Å²) in [5.74, 6) is 3.97. The van der Waals surface area contributed by atoms with E-state index in [0.717, 1.165) is 27.6 Å². The Hall–Kier alpha value is -2.64. The van der Waals surface area contributed by atoms with Crippen molar-refractivity contribution in [2.75, 3.05) is 7.11 Å². The summed E-state index contributed by atoms with van der Waals surface area (Å²) in [5.41, 5.74) is 7.58. The molecule has 0 fully saturated rings. The highest BCUT2D eigenvalue weighted by molar-refractivity contribution is 6.83. The largest absolute Gasteiger partial charge is 0.481 e. The van der Waals surface area contributed by atoms with Crippen molar-refractivity contribution >= 4 is 19.0 Å². The predicted octanol–water partition coefficient (Wildman–Crippen LogP) is 4.53. The van der Waals surface area contributed by atoms with Gasteiger partial charge < -0.3 is 4.74 Å². The molecule has 3 nitrogen and oxygen atoms in total. The summed E-state index contributed by atoms with van der Waals surface area (Å²) >= 11 is 0. The molecule has 120 valence electrons. The molecule has 0 spiro atoms. The van der Waals surface area contributed by atoms with E-state index in [0.29, 0.717) is 5.88 Å². The highest BCUT2D eigenvalue weighted by Gasteiger charge is 2.09. The Labute approximate surface area is 143 Å². The van der Waals surface area contributed by atoms with E-state index in [1.807, 2.05) is 36.7 Å². The number of pyridine rings is 2. The number of aromatic nitrogens is 2. The van der Waals surface area contributed by atoms with Crippen LogP contribution in [0.1, 0.15) is 5.56 Å². The topological polar surface area (TPSA) is 35.0 Å². The van der Waals surface area contributed by atoms with Crippen LogP contribution in [0.2, 0.25) is 19.6 Å². The maximum atomic E-state index is 5.12. The average Bonchev–Trinajstić information content (AvgIpc) is 2.59. The van der Waals surface area contributed by atoms with Gasteiger partial charge >= 0.3 is 0 Å². The zero-order chi connectivity index (χ0) is 17.2. The maximum absolute atomic E-state index is 5.12. The summed E-state index contributed by atoms with van der Waals surface area (Å²) in [6.45, 7) is 6.74. The molecule has 3 rings (SSSR count). The van der Waals surface area contributed by atoms with Gasteiger partial charge in [-0.1, -0.05) is 31.6 Å². The van der Waals surface area contributed by atoms with Gasteiger partial charge in [0, 0.05) is 35.0 Å². The number of benzene rings is 1. The van der Waals surface area contributed by atoms with Crippen LogP contribution in [0.3, 0.4) is 0 Å². The van der Waals surface area contributed by atoms with Crippen molar-refractivity contribution in [3.63, 3.8) is 0 Å². The normalized spacial score (nSPS) is 11.0. The SMILES string of the molecule is COc1ccc(-c2ccc3nccc(C#C[Si](C)(C)C)c3c2)cn1. The van der Waals surface area contributed by atoms with Gasteiger partial charge in [-0.25, -0.2) is 4.98 Å². The summed E-state index contributed by atoms with van der Waals surface area (Å²) in [6.07, 6.45) is 3.65. The molecule has 0 radical (unpaired) electrons. The fourth-order valence-electron chi connectivity index (χ4n) is 2.36. The molecule has 4 heteroatoms. The number of methoxy groups -OCH3 is 1. The first kappa shape index (κ1) is 16.2. The van der Waals surface area contributed by atoms with E-state index in [-0.39, 0.29) is 0 Å². The predicted molar refractivity (Wildman–Crippen MR) is 102 cm³/mol. The van der Waals surface area contributed by atoms with E-state index in [4.69, 9.17) is 4.74 Å². The lowest BCUT2D eigenvalue weighted by Crippen LogP contribution is -2.16. The van der Waals surface area contributed by atoms with E-state index in [9.17, 15) is 0 Å². The third-order valence-corrected chi connectivity index (χ3v) is 4.47. The van der Waals surface area contributed by atoms with Crippen LogP contribution in [0.4, 0.5) is 0 Å². The smallest absolute Gasteiger partial charge is 0.212 e. The highest BCUT2D eigenvalue weighted by atomic mass is 28.3. The molecule has 3 aromatic rings. The Morgan fingerprint density at radius 2 is 1.75 bits per heavy atom. The molecule has 0 N–H and O–H groups in total. The van der Waals surface area contributed by atoms with Crippen molar-refractivity contribution in [2.24, 2.45) is 0 Å². The van der Waals surface area contributed by atoms with Crippen LogP contribution < -0.4 is 4.74 Å². The molecule has 1 aromatic carbocycles. The molecule has 0 aliphatic carbocycles. The minimum atomic E-state index is -1.42. The highest BCUT2D eigenvalue weighted by Crippen LogP contribution is 2.26. The second kappa shape index (κ2) is 6.46. The number of hydrogen-bond acceptors (Lipinski definition) is 3. The van der Waals surface area contributed by atoms with Gasteiger partial charge in [0.05, 0.1) is 12.6 Å². The Balaban J connectivity index is 2.10. The van der Waals surface area contributed by atoms with Crippen LogP contribution in [0.5, 0.6) is 5.88 Å². The molecule has 0 atom stereocenters. The van der Waals surface area contributed by atoms with Crippen molar-refractivity contribution in [3.05, 3.63) is 54.4 Å². The Bertz CT molecular complexity index is 932. The first-order valence-electron chi connectivity index (χ1n) is 7.89. The van der Waals surface area contributed by atoms with E-state index >= 15 is 0 Å². The summed E-state index contributed by atoms with van der Waals surface area (Å²) in [6, 6.07) is 12.1. The van der Waals surface area contributed by atoms with Gasteiger partial charge in [-0.2, -0.15) is 0 Å². The Kier molecular flexibility index (Phi) is 4.37. The number of hydrogen-bond donors (Lipinski definition) is 0. The van der Waals surface area contributed by atoms with E-state index in [1.54, 1.807) is 7.11 Å². The fraction of sp³-hybridized carbons (Fsp3) is 0.200. The van der Waals surface area contributed by atoms with Gasteiger partial charge in [0.1, 0.15) is 8.07 Å².